The molecule has 2 heterocycles. The summed E-state index contributed by atoms with van der Waals surface area (Å²) in [7, 11) is 1.60. The molecule has 1 N–H and O–H groups in total. The fourth-order valence-electron chi connectivity index (χ4n) is 3.05. The summed E-state index contributed by atoms with van der Waals surface area (Å²) in [6.07, 6.45) is 0. The number of hydrogen-bond donors (Lipinski definition) is 1. The SMILES string of the molecule is CCOC(=O)C1=C(C)N(C)C(=O)N[C@@H]1c1ccc(-c2cccc(Cl)c2C)o1. The number of ether oxygens (including phenoxy) is 1. The number of halogens is 1. The van der Waals surface area contributed by atoms with Gasteiger partial charge < -0.3 is 19.4 Å². The Morgan fingerprint density at radius 1 is 1.30 bits per heavy atom. The van der Waals surface area contributed by atoms with E-state index in [1.165, 1.54) is 4.90 Å². The quantitative estimate of drug-likeness (QED) is 0.786. The minimum absolute atomic E-state index is 0.241. The predicted octanol–water partition coefficient (Wildman–Crippen LogP) is 4.44. The van der Waals surface area contributed by atoms with Gasteiger partial charge in [-0.1, -0.05) is 23.7 Å². The van der Waals surface area contributed by atoms with Crippen LogP contribution < -0.4 is 5.32 Å². The summed E-state index contributed by atoms with van der Waals surface area (Å²) in [5, 5.41) is 3.44. The molecule has 27 heavy (non-hydrogen) atoms. The minimum Gasteiger partial charge on any atom is -0.463 e. The van der Waals surface area contributed by atoms with E-state index in [0.29, 0.717) is 27.8 Å². The van der Waals surface area contributed by atoms with Gasteiger partial charge in [0.15, 0.2) is 0 Å². The Bertz CT molecular complexity index is 932. The summed E-state index contributed by atoms with van der Waals surface area (Å²) in [6, 6.07) is 8.08. The molecule has 0 saturated heterocycles. The van der Waals surface area contributed by atoms with Crippen molar-refractivity contribution in [3.8, 4) is 11.3 Å². The Kier molecular flexibility index (Phi) is 5.28. The second-order valence-corrected chi connectivity index (χ2v) is 6.68. The molecule has 1 aliphatic rings. The van der Waals surface area contributed by atoms with Crippen LogP contribution in [-0.2, 0) is 9.53 Å². The number of hydrogen-bond acceptors (Lipinski definition) is 4. The monoisotopic (exact) mass is 388 g/mol. The fraction of sp³-hybridized carbons (Fsp3) is 0.300. The summed E-state index contributed by atoms with van der Waals surface area (Å²) >= 11 is 6.20. The van der Waals surface area contributed by atoms with Gasteiger partial charge in [0, 0.05) is 23.3 Å². The zero-order chi connectivity index (χ0) is 19.7. The minimum atomic E-state index is -0.721. The number of nitrogens with one attached hydrogen (secondary N) is 1. The van der Waals surface area contributed by atoms with Gasteiger partial charge in [0.05, 0.1) is 12.2 Å². The van der Waals surface area contributed by atoms with E-state index in [2.05, 4.69) is 5.32 Å². The molecule has 1 aliphatic heterocycles. The molecule has 142 valence electrons. The number of allylic oxidation sites excluding steroid dienone is 1. The normalized spacial score (nSPS) is 17.1. The summed E-state index contributed by atoms with van der Waals surface area (Å²) in [5.41, 5.74) is 2.62. The molecule has 0 fully saturated rings. The highest BCUT2D eigenvalue weighted by Crippen LogP contribution is 2.35. The van der Waals surface area contributed by atoms with Crippen molar-refractivity contribution < 1.29 is 18.7 Å². The highest BCUT2D eigenvalue weighted by Gasteiger charge is 2.36. The van der Waals surface area contributed by atoms with Crippen LogP contribution in [0.15, 0.2) is 46.0 Å². The molecule has 0 spiro atoms. The van der Waals surface area contributed by atoms with E-state index in [0.717, 1.165) is 11.1 Å². The standard InChI is InChI=1S/C20H21ClN2O4/c1-5-26-19(24)17-12(3)23(4)20(25)22-18(17)16-10-9-15(27-16)13-7-6-8-14(21)11(13)2/h6-10,18H,5H2,1-4H3,(H,22,25)/t18-/m1/s1. The number of amides is 2. The first-order valence-electron chi connectivity index (χ1n) is 8.62. The van der Waals surface area contributed by atoms with Crippen LogP contribution in [0.5, 0.6) is 0 Å². The number of carbonyl (C=O) groups is 2. The van der Waals surface area contributed by atoms with Crippen molar-refractivity contribution in [2.24, 2.45) is 0 Å². The second-order valence-electron chi connectivity index (χ2n) is 6.28. The van der Waals surface area contributed by atoms with E-state index in [1.54, 1.807) is 33.0 Å². The van der Waals surface area contributed by atoms with E-state index in [9.17, 15) is 9.59 Å². The van der Waals surface area contributed by atoms with Crippen molar-refractivity contribution in [1.29, 1.82) is 0 Å². The molecule has 1 aromatic heterocycles. The number of esters is 1. The number of furan rings is 1. The number of benzene rings is 1. The highest BCUT2D eigenvalue weighted by atomic mass is 35.5. The third-order valence-corrected chi connectivity index (χ3v) is 5.10. The number of rotatable bonds is 4. The summed E-state index contributed by atoms with van der Waals surface area (Å²) in [5.74, 6) is 0.580. The molecule has 2 amide bonds. The van der Waals surface area contributed by atoms with Crippen LogP contribution in [-0.4, -0.2) is 30.6 Å². The molecule has 0 bridgehead atoms. The second kappa shape index (κ2) is 7.48. The predicted molar refractivity (Wildman–Crippen MR) is 102 cm³/mol. The lowest BCUT2D eigenvalue weighted by Gasteiger charge is -2.31. The Labute approximate surface area is 162 Å². The molecule has 7 heteroatoms. The Balaban J connectivity index is 2.04. The van der Waals surface area contributed by atoms with Crippen molar-refractivity contribution in [2.45, 2.75) is 26.8 Å². The molecule has 0 radical (unpaired) electrons. The zero-order valence-electron chi connectivity index (χ0n) is 15.6. The average Bonchev–Trinajstić information content (AvgIpc) is 3.11. The highest BCUT2D eigenvalue weighted by molar-refractivity contribution is 6.31. The summed E-state index contributed by atoms with van der Waals surface area (Å²) in [6.45, 7) is 5.60. The smallest absolute Gasteiger partial charge is 0.338 e. The van der Waals surface area contributed by atoms with Gasteiger partial charge in [0.25, 0.3) is 0 Å². The molecule has 6 nitrogen and oxygen atoms in total. The van der Waals surface area contributed by atoms with Crippen molar-refractivity contribution in [3.63, 3.8) is 0 Å². The first-order valence-corrected chi connectivity index (χ1v) is 9.00. The molecular formula is C20H21ClN2O4. The van der Waals surface area contributed by atoms with E-state index in [-0.39, 0.29) is 12.6 Å². The number of carbonyl (C=O) groups excluding carboxylic acids is 2. The molecule has 1 aromatic carbocycles. The lowest BCUT2D eigenvalue weighted by Crippen LogP contribution is -2.46. The van der Waals surface area contributed by atoms with Crippen LogP contribution in [0, 0.1) is 6.92 Å². The van der Waals surface area contributed by atoms with Crippen molar-refractivity contribution >= 4 is 23.6 Å². The van der Waals surface area contributed by atoms with Crippen molar-refractivity contribution in [3.05, 3.63) is 57.9 Å². The lowest BCUT2D eigenvalue weighted by atomic mass is 10.00. The van der Waals surface area contributed by atoms with Crippen LogP contribution in [0.2, 0.25) is 5.02 Å². The third kappa shape index (κ3) is 3.45. The fourth-order valence-corrected chi connectivity index (χ4v) is 3.22. The van der Waals surface area contributed by atoms with E-state index >= 15 is 0 Å². The third-order valence-electron chi connectivity index (χ3n) is 4.69. The van der Waals surface area contributed by atoms with Crippen molar-refractivity contribution in [2.75, 3.05) is 13.7 Å². The van der Waals surface area contributed by atoms with Gasteiger partial charge in [-0.25, -0.2) is 9.59 Å². The van der Waals surface area contributed by atoms with Gasteiger partial charge in [0.1, 0.15) is 17.6 Å². The molecular weight excluding hydrogens is 368 g/mol. The Morgan fingerprint density at radius 2 is 2.04 bits per heavy atom. The molecule has 0 unspecified atom stereocenters. The maximum Gasteiger partial charge on any atom is 0.338 e. The first-order chi connectivity index (χ1) is 12.8. The van der Waals surface area contributed by atoms with Gasteiger partial charge in [0.2, 0.25) is 0 Å². The molecule has 1 atom stereocenters. The molecule has 3 rings (SSSR count). The van der Waals surface area contributed by atoms with E-state index in [4.69, 9.17) is 20.8 Å². The van der Waals surface area contributed by atoms with Gasteiger partial charge in [-0.15, -0.1) is 0 Å². The largest absolute Gasteiger partial charge is 0.463 e. The average molecular weight is 389 g/mol. The maximum atomic E-state index is 12.5. The number of nitrogens with zero attached hydrogens (tertiary/aromatic N) is 1. The van der Waals surface area contributed by atoms with Gasteiger partial charge in [-0.3, -0.25) is 0 Å². The summed E-state index contributed by atoms with van der Waals surface area (Å²) in [4.78, 5) is 26.1. The molecule has 0 aliphatic carbocycles. The van der Waals surface area contributed by atoms with Crippen LogP contribution in [0.25, 0.3) is 11.3 Å². The maximum absolute atomic E-state index is 12.5. The van der Waals surface area contributed by atoms with Crippen LogP contribution >= 0.6 is 11.6 Å². The molecule has 2 aromatic rings. The zero-order valence-corrected chi connectivity index (χ0v) is 16.4. The van der Waals surface area contributed by atoms with Crippen LogP contribution in [0.1, 0.15) is 31.2 Å². The van der Waals surface area contributed by atoms with E-state index < -0.39 is 12.0 Å². The van der Waals surface area contributed by atoms with Gasteiger partial charge in [-0.2, -0.15) is 0 Å². The van der Waals surface area contributed by atoms with Gasteiger partial charge >= 0.3 is 12.0 Å². The Morgan fingerprint density at radius 3 is 2.74 bits per heavy atom. The van der Waals surface area contributed by atoms with Gasteiger partial charge in [-0.05, 0) is 44.5 Å². The number of urea groups is 1. The van der Waals surface area contributed by atoms with E-state index in [1.807, 2.05) is 25.1 Å². The molecule has 0 saturated carbocycles. The first kappa shape index (κ1) is 19.0. The van der Waals surface area contributed by atoms with Crippen LogP contribution in [0.3, 0.4) is 0 Å². The summed E-state index contributed by atoms with van der Waals surface area (Å²) < 4.78 is 11.2. The topological polar surface area (TPSA) is 71.8 Å². The van der Waals surface area contributed by atoms with Crippen molar-refractivity contribution in [1.82, 2.24) is 10.2 Å². The van der Waals surface area contributed by atoms with Crippen LogP contribution in [0.4, 0.5) is 4.79 Å². The lowest BCUT2D eigenvalue weighted by molar-refractivity contribution is -0.139. The Hall–Kier alpha value is -2.73.